The van der Waals surface area contributed by atoms with E-state index >= 15 is 0 Å². The van der Waals surface area contributed by atoms with Gasteiger partial charge < -0.3 is 35.4 Å². The molecule has 0 aliphatic heterocycles. The summed E-state index contributed by atoms with van der Waals surface area (Å²) in [5.41, 5.74) is 5.34. The largest absolute Gasteiger partial charge is 0.472 e. The molecule has 0 aromatic rings. The van der Waals surface area contributed by atoms with E-state index in [1.807, 2.05) is 0 Å². The zero-order valence-electron chi connectivity index (χ0n) is 36.6. The number of ether oxygens (including phenoxy) is 2. The smallest absolute Gasteiger partial charge is 0.462 e. The molecule has 13 nitrogen and oxygen atoms in total. The first kappa shape index (κ1) is 55.1. The molecule has 1 aliphatic rings. The number of ketones is 1. The van der Waals surface area contributed by atoms with E-state index < -0.39 is 62.6 Å². The molecule has 1 saturated carbocycles. The van der Waals surface area contributed by atoms with E-state index in [1.54, 1.807) is 12.2 Å². The van der Waals surface area contributed by atoms with Crippen LogP contribution in [-0.2, 0) is 37.5 Å². The fourth-order valence-electron chi connectivity index (χ4n) is 7.27. The Morgan fingerprint density at radius 2 is 1.29 bits per heavy atom. The molecule has 0 spiro atoms. The monoisotopic (exact) mass is 860 g/mol. The summed E-state index contributed by atoms with van der Waals surface area (Å²) in [6.07, 6.45) is 26.9. The molecule has 0 bridgehead atoms. The van der Waals surface area contributed by atoms with Crippen LogP contribution >= 0.6 is 7.82 Å². The van der Waals surface area contributed by atoms with Crippen molar-refractivity contribution in [1.29, 1.82) is 0 Å². The van der Waals surface area contributed by atoms with Crippen molar-refractivity contribution in [1.82, 2.24) is 0 Å². The molecule has 1 aliphatic carbocycles. The topological polar surface area (TPSA) is 212 Å². The Labute approximate surface area is 355 Å². The Bertz CT molecular complexity index is 1200. The third-order valence-corrected chi connectivity index (χ3v) is 11.8. The van der Waals surface area contributed by atoms with Gasteiger partial charge in [-0.1, -0.05) is 122 Å². The lowest BCUT2D eigenvalue weighted by atomic mass is 9.87. The highest BCUT2D eigenvalue weighted by atomic mass is 31.2. The summed E-state index contributed by atoms with van der Waals surface area (Å²) in [4.78, 5) is 48.0. The summed E-state index contributed by atoms with van der Waals surface area (Å²) >= 11 is 0. The number of phosphoric acid groups is 1. The molecule has 1 fully saturated rings. The van der Waals surface area contributed by atoms with Crippen LogP contribution in [0, 0.1) is 11.8 Å². The lowest BCUT2D eigenvalue weighted by molar-refractivity contribution is -0.161. The summed E-state index contributed by atoms with van der Waals surface area (Å²) in [6.45, 7) is 3.19. The fourth-order valence-corrected chi connectivity index (χ4v) is 8.04. The number of carbonyl (C=O) groups excluding carboxylic acids is 3. The molecule has 0 radical (unpaired) electrons. The van der Waals surface area contributed by atoms with Gasteiger partial charge in [-0.05, 0) is 51.4 Å². The summed E-state index contributed by atoms with van der Waals surface area (Å²) in [6, 6.07) is 0. The van der Waals surface area contributed by atoms with E-state index in [0.717, 1.165) is 44.9 Å². The predicted octanol–water partition coefficient (Wildman–Crippen LogP) is 8.73. The average Bonchev–Trinajstić information content (AvgIpc) is 3.47. The maximum Gasteiger partial charge on any atom is 0.472 e. The van der Waals surface area contributed by atoms with Crippen molar-refractivity contribution >= 4 is 25.5 Å². The highest BCUT2D eigenvalue weighted by molar-refractivity contribution is 7.47. The molecular weight excluding hydrogens is 777 g/mol. The molecule has 344 valence electrons. The van der Waals surface area contributed by atoms with Gasteiger partial charge in [-0.25, -0.2) is 4.57 Å². The fraction of sp³-hybridized carbons (Fsp3) is 0.844. The molecule has 7 atom stereocenters. The molecular formula is C45H82NO12P. The van der Waals surface area contributed by atoms with Crippen LogP contribution in [0.25, 0.3) is 0 Å². The van der Waals surface area contributed by atoms with Crippen LogP contribution in [0.15, 0.2) is 24.3 Å². The van der Waals surface area contributed by atoms with Gasteiger partial charge in [0.05, 0.1) is 31.5 Å². The second kappa shape index (κ2) is 35.6. The highest BCUT2D eigenvalue weighted by Crippen LogP contribution is 2.43. The van der Waals surface area contributed by atoms with Crippen molar-refractivity contribution in [2.45, 2.75) is 205 Å². The van der Waals surface area contributed by atoms with Gasteiger partial charge in [-0.15, -0.1) is 0 Å². The van der Waals surface area contributed by atoms with Crippen LogP contribution in [0.1, 0.15) is 181 Å². The number of aliphatic hydroxyl groups is 3. The summed E-state index contributed by atoms with van der Waals surface area (Å²) < 4.78 is 32.7. The molecule has 1 rings (SSSR count). The van der Waals surface area contributed by atoms with Gasteiger partial charge >= 0.3 is 19.8 Å². The van der Waals surface area contributed by atoms with E-state index in [4.69, 9.17) is 24.3 Å². The minimum atomic E-state index is -4.48. The van der Waals surface area contributed by atoms with Crippen molar-refractivity contribution in [3.8, 4) is 0 Å². The Balaban J connectivity index is 2.40. The lowest BCUT2D eigenvalue weighted by Crippen LogP contribution is -2.29. The van der Waals surface area contributed by atoms with Crippen LogP contribution in [0.3, 0.4) is 0 Å². The number of hydrogen-bond donors (Lipinski definition) is 5. The number of Topliss-reactive ketones (excluding diaryl/α,β-unsaturated/α-hetero) is 1. The number of phosphoric ester groups is 1. The zero-order chi connectivity index (χ0) is 43.6. The zero-order valence-corrected chi connectivity index (χ0v) is 37.5. The summed E-state index contributed by atoms with van der Waals surface area (Å²) in [5, 5.41) is 31.3. The normalized spacial score (nSPS) is 20.3. The van der Waals surface area contributed by atoms with Crippen LogP contribution < -0.4 is 5.73 Å². The minimum Gasteiger partial charge on any atom is -0.462 e. The van der Waals surface area contributed by atoms with Crippen molar-refractivity contribution in [2.24, 2.45) is 17.6 Å². The van der Waals surface area contributed by atoms with Gasteiger partial charge in [-0.2, -0.15) is 0 Å². The molecule has 0 saturated heterocycles. The van der Waals surface area contributed by atoms with Gasteiger partial charge in [0.2, 0.25) is 0 Å². The SMILES string of the molecule is CCCCCCCC/C=C\CCCCCCCCCC(=O)OC[C@H](COP(=O)(O)OCCN)OC(=O)CCCCC(=O)C[C@@H]1[C@@H](/C=C/[C@@H](O)CCCCC)[C@H](O)C[C@@H]1O. The summed E-state index contributed by atoms with van der Waals surface area (Å²) in [7, 11) is -4.48. The van der Waals surface area contributed by atoms with Gasteiger partial charge in [0.1, 0.15) is 12.4 Å². The Hall–Kier alpha value is -1.96. The molecule has 0 heterocycles. The number of hydrogen-bond acceptors (Lipinski definition) is 12. The number of carbonyl (C=O) groups is 3. The molecule has 6 N–H and O–H groups in total. The molecule has 0 aromatic carbocycles. The van der Waals surface area contributed by atoms with E-state index in [9.17, 15) is 39.2 Å². The summed E-state index contributed by atoms with van der Waals surface area (Å²) in [5.74, 6) is -2.13. The van der Waals surface area contributed by atoms with Gasteiger partial charge in [-0.3, -0.25) is 23.4 Å². The molecule has 1 unspecified atom stereocenters. The molecule has 14 heteroatoms. The van der Waals surface area contributed by atoms with Crippen LogP contribution in [0.5, 0.6) is 0 Å². The number of allylic oxidation sites excluding steroid dienone is 2. The van der Waals surface area contributed by atoms with Crippen LogP contribution in [0.4, 0.5) is 0 Å². The number of rotatable bonds is 39. The Morgan fingerprint density at radius 3 is 1.93 bits per heavy atom. The number of aliphatic hydroxyl groups excluding tert-OH is 3. The Kier molecular flexibility index (Phi) is 33.2. The standard InChI is InChI=1S/C45H82NO12P/c1-3-5-7-8-9-10-11-12-13-14-15-16-17-18-19-20-22-27-44(51)55-35-39(36-57-59(53,54)56-32-31-46)58-45(52)28-24-23-26-38(48)33-41-40(42(49)34-43(41)50)30-29-37(47)25-21-6-4-2/h12-13,29-30,37,39-43,47,49-50H,3-11,14-28,31-36,46H2,1-2H3,(H,53,54)/b13-12-,30-29+/t37-,39+,40+,41+,42+,43-/m0/s1. The van der Waals surface area contributed by atoms with Crippen molar-refractivity contribution < 1.29 is 57.7 Å². The van der Waals surface area contributed by atoms with Crippen LogP contribution in [0.2, 0.25) is 0 Å². The third kappa shape index (κ3) is 29.9. The maximum absolute atomic E-state index is 12.9. The molecule has 59 heavy (non-hydrogen) atoms. The number of nitrogens with two attached hydrogens (primary N) is 1. The minimum absolute atomic E-state index is 0.00636. The van der Waals surface area contributed by atoms with Crippen molar-refractivity contribution in [2.75, 3.05) is 26.4 Å². The Morgan fingerprint density at radius 1 is 0.729 bits per heavy atom. The molecule has 0 amide bonds. The van der Waals surface area contributed by atoms with Crippen molar-refractivity contribution in [3.63, 3.8) is 0 Å². The first-order chi connectivity index (χ1) is 28.4. The number of unbranched alkanes of at least 4 members (excludes halogenated alkanes) is 16. The maximum atomic E-state index is 12.9. The first-order valence-electron chi connectivity index (χ1n) is 23.0. The van der Waals surface area contributed by atoms with E-state index in [2.05, 4.69) is 26.0 Å². The quantitative estimate of drug-likeness (QED) is 0.0170. The third-order valence-electron chi connectivity index (χ3n) is 10.8. The van der Waals surface area contributed by atoms with Gasteiger partial charge in [0, 0.05) is 50.5 Å². The first-order valence-corrected chi connectivity index (χ1v) is 24.5. The van der Waals surface area contributed by atoms with E-state index in [0.29, 0.717) is 25.7 Å². The highest BCUT2D eigenvalue weighted by Gasteiger charge is 2.41. The van der Waals surface area contributed by atoms with Crippen molar-refractivity contribution in [3.05, 3.63) is 24.3 Å². The number of esters is 2. The van der Waals surface area contributed by atoms with Gasteiger partial charge in [0.25, 0.3) is 0 Å². The van der Waals surface area contributed by atoms with E-state index in [-0.39, 0.29) is 57.6 Å². The second-order valence-electron chi connectivity index (χ2n) is 16.2. The average molecular weight is 860 g/mol. The lowest BCUT2D eigenvalue weighted by Gasteiger charge is -2.20. The van der Waals surface area contributed by atoms with E-state index in [1.165, 1.54) is 64.2 Å². The second-order valence-corrected chi connectivity index (χ2v) is 17.7. The van der Waals surface area contributed by atoms with Gasteiger partial charge in [0.15, 0.2) is 6.10 Å². The molecule has 0 aromatic heterocycles. The predicted molar refractivity (Wildman–Crippen MR) is 231 cm³/mol. The van der Waals surface area contributed by atoms with Crippen LogP contribution in [-0.4, -0.2) is 88.7 Å².